The van der Waals surface area contributed by atoms with Gasteiger partial charge >= 0.3 is 6.09 Å². The average molecular weight is 423 g/mol. The number of hydrogen-bond donors (Lipinski definition) is 2. The highest BCUT2D eigenvalue weighted by atomic mass is 16.7. The Hall–Kier alpha value is -3.46. The number of likely N-dealkylation sites (tertiary alicyclic amines) is 2. The summed E-state index contributed by atoms with van der Waals surface area (Å²) in [6, 6.07) is 14.8. The van der Waals surface area contributed by atoms with Crippen molar-refractivity contribution in [2.75, 3.05) is 26.2 Å². The number of fused-ring (bicyclic) bond motifs is 1. The van der Waals surface area contributed by atoms with Gasteiger partial charge in [0.2, 0.25) is 11.8 Å². The molecule has 1 amide bonds. The van der Waals surface area contributed by atoms with Crippen LogP contribution in [0, 0.1) is 11.8 Å². The van der Waals surface area contributed by atoms with Gasteiger partial charge < -0.3 is 20.0 Å². The van der Waals surface area contributed by atoms with E-state index < -0.39 is 6.09 Å². The van der Waals surface area contributed by atoms with Crippen LogP contribution in [0.3, 0.4) is 0 Å². The molecule has 4 heterocycles. The molecule has 9 nitrogen and oxygen atoms in total. The van der Waals surface area contributed by atoms with E-state index in [0.29, 0.717) is 24.9 Å². The molecular formula is C22H25N5O4. The van der Waals surface area contributed by atoms with Crippen LogP contribution in [0.25, 0.3) is 11.3 Å². The zero-order valence-corrected chi connectivity index (χ0v) is 17.3. The van der Waals surface area contributed by atoms with Crippen molar-refractivity contribution in [2.24, 2.45) is 18.9 Å². The van der Waals surface area contributed by atoms with Gasteiger partial charge in [-0.25, -0.2) is 4.79 Å². The van der Waals surface area contributed by atoms with E-state index in [1.165, 1.54) is 12.1 Å². The molecule has 0 bridgehead atoms. The Kier molecular flexibility index (Phi) is 4.82. The summed E-state index contributed by atoms with van der Waals surface area (Å²) in [5, 5.41) is 24.0. The highest BCUT2D eigenvalue weighted by Crippen LogP contribution is 2.32. The molecule has 5 rings (SSSR count). The number of carbonyl (C=O) groups is 1. The SMILES string of the molecule is Cn1nc(-c2ccccc2)cc1CN1CC2CN(C(=O)On3c(O)ccc3O)CC2C1. The van der Waals surface area contributed by atoms with E-state index in [0.717, 1.165) is 41.3 Å². The number of nitrogens with zero attached hydrogens (tertiary/aromatic N) is 5. The van der Waals surface area contributed by atoms with Gasteiger partial charge in [0.15, 0.2) is 0 Å². The number of aryl methyl sites for hydroxylation is 1. The van der Waals surface area contributed by atoms with Gasteiger partial charge in [-0.15, -0.1) is 4.73 Å². The van der Waals surface area contributed by atoms with Crippen molar-refractivity contribution < 1.29 is 19.8 Å². The van der Waals surface area contributed by atoms with Crippen molar-refractivity contribution in [3.63, 3.8) is 0 Å². The summed E-state index contributed by atoms with van der Waals surface area (Å²) >= 11 is 0. The predicted molar refractivity (Wildman–Crippen MR) is 112 cm³/mol. The zero-order valence-electron chi connectivity index (χ0n) is 17.3. The first-order valence-corrected chi connectivity index (χ1v) is 10.4. The van der Waals surface area contributed by atoms with Gasteiger partial charge in [-0.3, -0.25) is 9.58 Å². The molecule has 2 atom stereocenters. The highest BCUT2D eigenvalue weighted by Gasteiger charge is 2.42. The lowest BCUT2D eigenvalue weighted by atomic mass is 10.0. The Bertz CT molecular complexity index is 1060. The number of carbonyl (C=O) groups excluding carboxylic acids is 1. The van der Waals surface area contributed by atoms with E-state index in [4.69, 9.17) is 4.84 Å². The minimum Gasteiger partial charge on any atom is -0.492 e. The van der Waals surface area contributed by atoms with Crippen molar-refractivity contribution in [3.05, 3.63) is 54.2 Å². The van der Waals surface area contributed by atoms with E-state index in [-0.39, 0.29) is 11.8 Å². The van der Waals surface area contributed by atoms with Gasteiger partial charge in [-0.1, -0.05) is 30.3 Å². The second-order valence-electron chi connectivity index (χ2n) is 8.33. The fourth-order valence-electron chi connectivity index (χ4n) is 4.63. The smallest absolute Gasteiger partial charge is 0.434 e. The van der Waals surface area contributed by atoms with E-state index in [1.807, 2.05) is 29.9 Å². The molecule has 2 fully saturated rings. The maximum Gasteiger partial charge on any atom is 0.434 e. The van der Waals surface area contributed by atoms with Crippen molar-refractivity contribution in [2.45, 2.75) is 6.54 Å². The van der Waals surface area contributed by atoms with Gasteiger partial charge in [0.1, 0.15) is 0 Å². The molecule has 162 valence electrons. The third kappa shape index (κ3) is 3.72. The van der Waals surface area contributed by atoms with Crippen molar-refractivity contribution >= 4 is 6.09 Å². The molecule has 2 aliphatic rings. The average Bonchev–Trinajstić information content (AvgIpc) is 3.50. The maximum absolute atomic E-state index is 12.4. The highest BCUT2D eigenvalue weighted by molar-refractivity contribution is 5.68. The molecule has 2 aliphatic heterocycles. The van der Waals surface area contributed by atoms with Crippen LogP contribution in [0.5, 0.6) is 11.8 Å². The van der Waals surface area contributed by atoms with Crippen LogP contribution in [0.2, 0.25) is 0 Å². The third-order valence-corrected chi connectivity index (χ3v) is 6.22. The van der Waals surface area contributed by atoms with E-state index >= 15 is 0 Å². The first kappa shape index (κ1) is 19.5. The molecule has 3 aromatic rings. The van der Waals surface area contributed by atoms with Gasteiger partial charge in [0, 0.05) is 57.5 Å². The van der Waals surface area contributed by atoms with Gasteiger partial charge in [0.25, 0.3) is 0 Å². The second-order valence-corrected chi connectivity index (χ2v) is 8.33. The standard InChI is InChI=1S/C22H25N5O4/c1-24-18(9-19(23-24)15-5-3-2-4-6-15)14-25-10-16-12-26(13-17(16)11-25)22(30)31-27-20(28)7-8-21(27)29/h2-9,16-17,28-29H,10-14H2,1H3. The molecule has 2 saturated heterocycles. The molecule has 9 heteroatoms. The summed E-state index contributed by atoms with van der Waals surface area (Å²) in [6.45, 7) is 3.83. The van der Waals surface area contributed by atoms with Gasteiger partial charge in [0.05, 0.1) is 11.4 Å². The summed E-state index contributed by atoms with van der Waals surface area (Å²) in [5.41, 5.74) is 3.24. The summed E-state index contributed by atoms with van der Waals surface area (Å²) < 4.78 is 2.67. The molecule has 0 aliphatic carbocycles. The van der Waals surface area contributed by atoms with Crippen LogP contribution < -0.4 is 4.84 Å². The summed E-state index contributed by atoms with van der Waals surface area (Å²) in [4.78, 5) is 21.6. The fraction of sp³-hybridized carbons (Fsp3) is 0.364. The molecule has 0 saturated carbocycles. The molecule has 0 radical (unpaired) electrons. The second kappa shape index (κ2) is 7.66. The topological polar surface area (TPSA) is 96.0 Å². The summed E-state index contributed by atoms with van der Waals surface area (Å²) in [6.07, 6.45) is -0.568. The largest absolute Gasteiger partial charge is 0.492 e. The molecule has 2 N–H and O–H groups in total. The van der Waals surface area contributed by atoms with Crippen LogP contribution in [-0.2, 0) is 13.6 Å². The first-order chi connectivity index (χ1) is 15.0. The Labute approximate surface area is 179 Å². The molecule has 2 aromatic heterocycles. The number of hydrogen-bond acceptors (Lipinski definition) is 6. The number of benzene rings is 1. The zero-order chi connectivity index (χ0) is 21.5. The van der Waals surface area contributed by atoms with Crippen LogP contribution in [0.4, 0.5) is 4.79 Å². The third-order valence-electron chi connectivity index (χ3n) is 6.22. The monoisotopic (exact) mass is 423 g/mol. The van der Waals surface area contributed by atoms with E-state index in [2.05, 4.69) is 28.2 Å². The first-order valence-electron chi connectivity index (χ1n) is 10.4. The van der Waals surface area contributed by atoms with Crippen LogP contribution in [0.1, 0.15) is 5.69 Å². The number of amides is 1. The lowest BCUT2D eigenvalue weighted by Gasteiger charge is -2.21. The normalized spacial score (nSPS) is 20.9. The lowest BCUT2D eigenvalue weighted by molar-refractivity contribution is 0.0773. The Morgan fingerprint density at radius 1 is 1.03 bits per heavy atom. The van der Waals surface area contributed by atoms with E-state index in [9.17, 15) is 15.0 Å². The molecule has 1 aromatic carbocycles. The summed E-state index contributed by atoms with van der Waals surface area (Å²) in [7, 11) is 1.97. The minimum atomic E-state index is -0.568. The fourth-order valence-corrected chi connectivity index (χ4v) is 4.63. The molecule has 2 unspecified atom stereocenters. The Morgan fingerprint density at radius 2 is 1.68 bits per heavy atom. The van der Waals surface area contributed by atoms with Crippen LogP contribution in [-0.4, -0.2) is 66.8 Å². The Balaban J connectivity index is 1.18. The van der Waals surface area contributed by atoms with Gasteiger partial charge in [-0.05, 0) is 17.9 Å². The quantitative estimate of drug-likeness (QED) is 0.666. The van der Waals surface area contributed by atoms with Crippen molar-refractivity contribution in [3.8, 4) is 23.0 Å². The van der Waals surface area contributed by atoms with Crippen molar-refractivity contribution in [1.29, 1.82) is 0 Å². The Morgan fingerprint density at radius 3 is 2.32 bits per heavy atom. The van der Waals surface area contributed by atoms with E-state index in [1.54, 1.807) is 4.90 Å². The van der Waals surface area contributed by atoms with Crippen molar-refractivity contribution in [1.82, 2.24) is 24.3 Å². The van der Waals surface area contributed by atoms with Crippen LogP contribution in [0.15, 0.2) is 48.5 Å². The van der Waals surface area contributed by atoms with Gasteiger partial charge in [-0.2, -0.15) is 5.10 Å². The van der Waals surface area contributed by atoms with Crippen LogP contribution >= 0.6 is 0 Å². The lowest BCUT2D eigenvalue weighted by Crippen LogP contribution is -2.37. The predicted octanol–water partition coefficient (Wildman–Crippen LogP) is 1.91. The number of rotatable bonds is 4. The maximum atomic E-state index is 12.4. The molecule has 0 spiro atoms. The molecular weight excluding hydrogens is 398 g/mol. The number of aromatic hydroxyl groups is 2. The summed E-state index contributed by atoms with van der Waals surface area (Å²) in [5.74, 6) is 0.118. The number of aromatic nitrogens is 3. The molecule has 31 heavy (non-hydrogen) atoms. The minimum absolute atomic E-state index is 0.317.